The van der Waals surface area contributed by atoms with Crippen molar-refractivity contribution in [3.63, 3.8) is 0 Å². The molecule has 0 bridgehead atoms. The van der Waals surface area contributed by atoms with E-state index < -0.39 is 8.25 Å². The van der Waals surface area contributed by atoms with E-state index in [1.165, 1.54) is 89.0 Å². The van der Waals surface area contributed by atoms with Crippen molar-refractivity contribution < 1.29 is 13.7 Å². The van der Waals surface area contributed by atoms with Gasteiger partial charge in [-0.05, 0) is 28.6 Å². The first-order chi connectivity index (χ1) is 13.3. The predicted octanol–water partition coefficient (Wildman–Crippen LogP) is 7.38. The smallest absolute Gasteiger partial charge is 0.162 e. The van der Waals surface area contributed by atoms with E-state index in [2.05, 4.69) is 23.7 Å². The number of unbranched alkanes of at least 4 members (excludes halogenated alkanes) is 12. The fourth-order valence-corrected chi connectivity index (χ4v) is 3.62. The molecule has 0 aromatic heterocycles. The molecular formula is C22H39NO3P+. The van der Waals surface area contributed by atoms with Gasteiger partial charge < -0.3 is 0 Å². The van der Waals surface area contributed by atoms with E-state index in [0.29, 0.717) is 0 Å². The van der Waals surface area contributed by atoms with Crippen molar-refractivity contribution in [1.82, 2.24) is 0 Å². The molecule has 1 unspecified atom stereocenters. The summed E-state index contributed by atoms with van der Waals surface area (Å²) in [6, 6.07) is 8.26. The van der Waals surface area contributed by atoms with E-state index in [4.69, 9.17) is 10.4 Å². The quantitative estimate of drug-likeness (QED) is 0.160. The lowest BCUT2D eigenvalue weighted by Crippen LogP contribution is -1.93. The van der Waals surface area contributed by atoms with Gasteiger partial charge in [-0.1, -0.05) is 108 Å². The summed E-state index contributed by atoms with van der Waals surface area (Å²) < 4.78 is 20.1. The Kier molecular flexibility index (Phi) is 15.5. The summed E-state index contributed by atoms with van der Waals surface area (Å²) in [6.45, 7) is 2.53. The van der Waals surface area contributed by atoms with Gasteiger partial charge in [0.15, 0.2) is 0 Å². The van der Waals surface area contributed by atoms with E-state index in [-0.39, 0.29) is 6.61 Å². The highest BCUT2D eigenvalue weighted by atomic mass is 31.1. The number of benzene rings is 1. The number of hydrogen-bond acceptors (Lipinski definition) is 4. The summed E-state index contributed by atoms with van der Waals surface area (Å²) >= 11 is 0. The summed E-state index contributed by atoms with van der Waals surface area (Å²) in [4.78, 5) is 0. The van der Waals surface area contributed by atoms with Crippen molar-refractivity contribution >= 4 is 8.25 Å². The van der Waals surface area contributed by atoms with Crippen molar-refractivity contribution in [2.24, 2.45) is 5.90 Å². The van der Waals surface area contributed by atoms with Crippen LogP contribution in [0.2, 0.25) is 0 Å². The topological polar surface area (TPSA) is 61.5 Å². The fraction of sp³-hybridized carbons (Fsp3) is 0.727. The molecule has 0 radical (unpaired) electrons. The first-order valence-electron chi connectivity index (χ1n) is 10.8. The predicted molar refractivity (Wildman–Crippen MR) is 114 cm³/mol. The molecule has 0 aliphatic rings. The summed E-state index contributed by atoms with van der Waals surface area (Å²) in [7, 11) is -2.21. The van der Waals surface area contributed by atoms with Crippen molar-refractivity contribution in [1.29, 1.82) is 0 Å². The normalized spacial score (nSPS) is 11.7. The SMILES string of the molecule is CCCCCCCCCCCCCCCc1ccc(CO[P+](=O)ON)cc1. The van der Waals surface area contributed by atoms with Crippen LogP contribution in [0.5, 0.6) is 0 Å². The molecule has 2 N–H and O–H groups in total. The number of aryl methyl sites for hydroxylation is 1. The zero-order valence-electron chi connectivity index (χ0n) is 17.2. The van der Waals surface area contributed by atoms with Gasteiger partial charge >= 0.3 is 8.25 Å². The zero-order valence-corrected chi connectivity index (χ0v) is 18.1. The van der Waals surface area contributed by atoms with E-state index >= 15 is 0 Å². The molecule has 0 saturated carbocycles. The van der Waals surface area contributed by atoms with Gasteiger partial charge in [-0.3, -0.25) is 0 Å². The number of hydrogen-bond donors (Lipinski definition) is 1. The van der Waals surface area contributed by atoms with Gasteiger partial charge in [-0.25, -0.2) is 0 Å². The molecule has 1 aromatic rings. The summed E-state index contributed by atoms with van der Waals surface area (Å²) in [5.41, 5.74) is 2.32. The fourth-order valence-electron chi connectivity index (χ4n) is 3.31. The Hall–Kier alpha value is -0.800. The number of nitrogens with two attached hydrogens (primary N) is 1. The molecule has 0 heterocycles. The maximum atomic E-state index is 11.0. The van der Waals surface area contributed by atoms with Crippen LogP contribution in [-0.4, -0.2) is 0 Å². The highest BCUT2D eigenvalue weighted by Gasteiger charge is 2.17. The van der Waals surface area contributed by atoms with Gasteiger partial charge in [-0.2, -0.15) is 5.90 Å². The highest BCUT2D eigenvalue weighted by Crippen LogP contribution is 2.22. The van der Waals surface area contributed by atoms with E-state index in [0.717, 1.165) is 12.0 Å². The Morgan fingerprint density at radius 3 is 1.67 bits per heavy atom. The average Bonchev–Trinajstić information content (AvgIpc) is 2.70. The molecule has 154 valence electrons. The lowest BCUT2D eigenvalue weighted by Gasteiger charge is -2.04. The first kappa shape index (κ1) is 24.2. The molecular weight excluding hydrogens is 357 g/mol. The molecule has 5 heteroatoms. The maximum Gasteiger partial charge on any atom is 0.716 e. The van der Waals surface area contributed by atoms with Gasteiger partial charge in [0, 0.05) is 4.57 Å². The molecule has 0 spiro atoms. The van der Waals surface area contributed by atoms with Crippen LogP contribution in [0.4, 0.5) is 0 Å². The van der Waals surface area contributed by atoms with Gasteiger partial charge in [-0.15, -0.1) is 4.52 Å². The van der Waals surface area contributed by atoms with Crippen LogP contribution in [0, 0.1) is 0 Å². The van der Waals surface area contributed by atoms with Crippen molar-refractivity contribution in [2.45, 2.75) is 103 Å². The largest absolute Gasteiger partial charge is 0.716 e. The third-order valence-electron chi connectivity index (χ3n) is 5.01. The molecule has 0 aliphatic carbocycles. The van der Waals surface area contributed by atoms with E-state index in [1.54, 1.807) is 0 Å². The molecule has 4 nitrogen and oxygen atoms in total. The molecule has 27 heavy (non-hydrogen) atoms. The molecule has 0 aliphatic heterocycles. The molecule has 0 amide bonds. The minimum absolute atomic E-state index is 0.255. The lowest BCUT2D eigenvalue weighted by atomic mass is 10.0. The monoisotopic (exact) mass is 396 g/mol. The standard InChI is InChI=1S/C22H39NO3P/c1-2-3-4-5-6-7-8-9-10-11-12-13-14-15-21-16-18-22(19-17-21)20-25-27(24)26-23/h16-19H,2-15,20,23H2,1H3/q+1. The van der Waals surface area contributed by atoms with Crippen molar-refractivity contribution in [3.05, 3.63) is 35.4 Å². The van der Waals surface area contributed by atoms with Crippen LogP contribution >= 0.6 is 8.25 Å². The molecule has 1 rings (SSSR count). The first-order valence-corrected chi connectivity index (χ1v) is 11.9. The summed E-state index contributed by atoms with van der Waals surface area (Å²) in [6.07, 6.45) is 19.1. The molecule has 1 aromatic carbocycles. The highest BCUT2D eigenvalue weighted by molar-refractivity contribution is 7.33. The van der Waals surface area contributed by atoms with Gasteiger partial charge in [0.2, 0.25) is 0 Å². The molecule has 0 fully saturated rings. The van der Waals surface area contributed by atoms with Gasteiger partial charge in [0.05, 0.1) is 0 Å². The van der Waals surface area contributed by atoms with Crippen LogP contribution < -0.4 is 5.90 Å². The minimum atomic E-state index is -2.21. The number of rotatable bonds is 18. The Bertz CT molecular complexity index is 479. The van der Waals surface area contributed by atoms with Gasteiger partial charge in [0.1, 0.15) is 6.61 Å². The van der Waals surface area contributed by atoms with Gasteiger partial charge in [0.25, 0.3) is 0 Å². The lowest BCUT2D eigenvalue weighted by molar-refractivity contribution is 0.223. The van der Waals surface area contributed by atoms with Crippen LogP contribution in [0.3, 0.4) is 0 Å². The Morgan fingerprint density at radius 1 is 0.741 bits per heavy atom. The second kappa shape index (κ2) is 17.3. The minimum Gasteiger partial charge on any atom is -0.162 e. The average molecular weight is 397 g/mol. The zero-order chi connectivity index (χ0) is 19.6. The second-order valence-corrected chi connectivity index (χ2v) is 8.33. The van der Waals surface area contributed by atoms with Crippen molar-refractivity contribution in [3.8, 4) is 0 Å². The van der Waals surface area contributed by atoms with Crippen molar-refractivity contribution in [2.75, 3.05) is 0 Å². The van der Waals surface area contributed by atoms with Crippen LogP contribution in [0.1, 0.15) is 102 Å². The Balaban J connectivity index is 1.92. The van der Waals surface area contributed by atoms with Crippen LogP contribution in [-0.2, 0) is 26.7 Å². The summed E-state index contributed by atoms with van der Waals surface area (Å²) in [5.74, 6) is 4.79. The Morgan fingerprint density at radius 2 is 1.19 bits per heavy atom. The Labute approximate surface area is 167 Å². The summed E-state index contributed by atoms with van der Waals surface area (Å²) in [5, 5.41) is 0. The third-order valence-corrected chi connectivity index (χ3v) is 5.53. The van der Waals surface area contributed by atoms with Crippen LogP contribution in [0.15, 0.2) is 24.3 Å². The van der Waals surface area contributed by atoms with Crippen LogP contribution in [0.25, 0.3) is 0 Å². The molecule has 1 atom stereocenters. The van der Waals surface area contributed by atoms with E-state index in [1.807, 2.05) is 12.1 Å². The molecule has 0 saturated heterocycles. The second-order valence-electron chi connectivity index (χ2n) is 7.41. The third kappa shape index (κ3) is 13.9. The van der Waals surface area contributed by atoms with E-state index in [9.17, 15) is 4.57 Å². The maximum absolute atomic E-state index is 11.0.